The maximum atomic E-state index is 5.99. The van der Waals surface area contributed by atoms with Crippen LogP contribution in [0.4, 0.5) is 5.69 Å². The number of aryl methyl sites for hydroxylation is 1. The molecule has 2 N–H and O–H groups in total. The average Bonchev–Trinajstić information content (AvgIpc) is 2.52. The third-order valence-electron chi connectivity index (χ3n) is 4.36. The molecule has 1 heterocycles. The SMILES string of the molecule is CSCCCC(CN)N1CCN(c2cccc(C)c2)CC1. The monoisotopic (exact) mass is 307 g/mol. The van der Waals surface area contributed by atoms with Gasteiger partial charge in [0.2, 0.25) is 0 Å². The molecule has 21 heavy (non-hydrogen) atoms. The highest BCUT2D eigenvalue weighted by atomic mass is 32.2. The number of nitrogens with zero attached hydrogens (tertiary/aromatic N) is 2. The molecule has 1 aromatic rings. The van der Waals surface area contributed by atoms with Crippen molar-refractivity contribution in [1.82, 2.24) is 4.90 Å². The summed E-state index contributed by atoms with van der Waals surface area (Å²) >= 11 is 1.93. The van der Waals surface area contributed by atoms with Crippen molar-refractivity contribution in [2.75, 3.05) is 49.6 Å². The second-order valence-electron chi connectivity index (χ2n) is 5.89. The van der Waals surface area contributed by atoms with Crippen LogP contribution < -0.4 is 10.6 Å². The van der Waals surface area contributed by atoms with E-state index in [0.717, 1.165) is 32.7 Å². The number of rotatable bonds is 7. The molecule has 118 valence electrons. The van der Waals surface area contributed by atoms with Gasteiger partial charge in [-0.3, -0.25) is 4.90 Å². The summed E-state index contributed by atoms with van der Waals surface area (Å²) in [6.45, 7) is 7.45. The quantitative estimate of drug-likeness (QED) is 0.785. The van der Waals surface area contributed by atoms with Crippen molar-refractivity contribution in [2.24, 2.45) is 5.73 Å². The Morgan fingerprint density at radius 1 is 1.24 bits per heavy atom. The van der Waals surface area contributed by atoms with E-state index in [9.17, 15) is 0 Å². The van der Waals surface area contributed by atoms with Gasteiger partial charge in [-0.05, 0) is 49.5 Å². The molecule has 4 heteroatoms. The second kappa shape index (κ2) is 8.66. The molecule has 2 rings (SSSR count). The first-order valence-electron chi connectivity index (χ1n) is 7.99. The molecule has 0 amide bonds. The molecule has 1 aromatic carbocycles. The number of piperazine rings is 1. The Morgan fingerprint density at radius 2 is 2.00 bits per heavy atom. The van der Waals surface area contributed by atoms with Crippen LogP contribution in [0.25, 0.3) is 0 Å². The van der Waals surface area contributed by atoms with E-state index in [1.807, 2.05) is 11.8 Å². The fourth-order valence-electron chi connectivity index (χ4n) is 3.08. The first-order valence-corrected chi connectivity index (χ1v) is 9.38. The van der Waals surface area contributed by atoms with Crippen LogP contribution in [-0.4, -0.2) is 55.7 Å². The smallest absolute Gasteiger partial charge is 0.0369 e. The number of anilines is 1. The molecule has 0 radical (unpaired) electrons. The Bertz CT molecular complexity index is 416. The number of hydrogen-bond donors (Lipinski definition) is 1. The second-order valence-corrected chi connectivity index (χ2v) is 6.87. The first-order chi connectivity index (χ1) is 10.2. The van der Waals surface area contributed by atoms with Crippen LogP contribution in [0.3, 0.4) is 0 Å². The third kappa shape index (κ3) is 4.90. The van der Waals surface area contributed by atoms with Crippen molar-refractivity contribution < 1.29 is 0 Å². The lowest BCUT2D eigenvalue weighted by atomic mass is 10.1. The van der Waals surface area contributed by atoms with E-state index in [-0.39, 0.29) is 0 Å². The predicted molar refractivity (Wildman–Crippen MR) is 95.4 cm³/mol. The molecule has 1 fully saturated rings. The zero-order valence-corrected chi connectivity index (χ0v) is 14.2. The number of nitrogens with two attached hydrogens (primary N) is 1. The summed E-state index contributed by atoms with van der Waals surface area (Å²) in [5.41, 5.74) is 8.69. The minimum atomic E-state index is 0.566. The molecule has 0 bridgehead atoms. The van der Waals surface area contributed by atoms with E-state index in [2.05, 4.69) is 47.2 Å². The van der Waals surface area contributed by atoms with Gasteiger partial charge in [0.1, 0.15) is 0 Å². The molecule has 1 aliphatic heterocycles. The van der Waals surface area contributed by atoms with Crippen molar-refractivity contribution >= 4 is 17.4 Å². The highest BCUT2D eigenvalue weighted by Gasteiger charge is 2.22. The van der Waals surface area contributed by atoms with Crippen LogP contribution in [0.15, 0.2) is 24.3 Å². The molecule has 0 spiro atoms. The van der Waals surface area contributed by atoms with Gasteiger partial charge in [-0.25, -0.2) is 0 Å². The largest absolute Gasteiger partial charge is 0.369 e. The number of thioether (sulfide) groups is 1. The zero-order valence-electron chi connectivity index (χ0n) is 13.4. The summed E-state index contributed by atoms with van der Waals surface area (Å²) in [6.07, 6.45) is 4.70. The van der Waals surface area contributed by atoms with Gasteiger partial charge in [-0.15, -0.1) is 0 Å². The molecule has 1 atom stereocenters. The number of hydrogen-bond acceptors (Lipinski definition) is 4. The van der Waals surface area contributed by atoms with Crippen LogP contribution in [0.5, 0.6) is 0 Å². The van der Waals surface area contributed by atoms with Crippen LogP contribution in [0, 0.1) is 6.92 Å². The van der Waals surface area contributed by atoms with Crippen LogP contribution >= 0.6 is 11.8 Å². The van der Waals surface area contributed by atoms with Gasteiger partial charge in [0.05, 0.1) is 0 Å². The van der Waals surface area contributed by atoms with Crippen molar-refractivity contribution in [3.63, 3.8) is 0 Å². The maximum Gasteiger partial charge on any atom is 0.0369 e. The molecule has 3 nitrogen and oxygen atoms in total. The van der Waals surface area contributed by atoms with Crippen LogP contribution in [-0.2, 0) is 0 Å². The Hall–Kier alpha value is -0.710. The van der Waals surface area contributed by atoms with Gasteiger partial charge in [0.25, 0.3) is 0 Å². The van der Waals surface area contributed by atoms with Gasteiger partial charge in [-0.1, -0.05) is 12.1 Å². The Labute approximate surface area is 133 Å². The molecule has 0 aromatic heterocycles. The lowest BCUT2D eigenvalue weighted by Gasteiger charge is -2.40. The minimum absolute atomic E-state index is 0.566. The number of benzene rings is 1. The Morgan fingerprint density at radius 3 is 2.62 bits per heavy atom. The van der Waals surface area contributed by atoms with Crippen LogP contribution in [0.2, 0.25) is 0 Å². The molecular formula is C17H29N3S. The normalized spacial score (nSPS) is 18.0. The van der Waals surface area contributed by atoms with E-state index >= 15 is 0 Å². The molecule has 0 aliphatic carbocycles. The molecule has 0 saturated carbocycles. The fraction of sp³-hybridized carbons (Fsp3) is 0.647. The summed E-state index contributed by atoms with van der Waals surface area (Å²) in [5.74, 6) is 1.25. The van der Waals surface area contributed by atoms with E-state index < -0.39 is 0 Å². The van der Waals surface area contributed by atoms with Gasteiger partial charge >= 0.3 is 0 Å². The zero-order chi connectivity index (χ0) is 15.1. The molecular weight excluding hydrogens is 278 g/mol. The first kappa shape index (κ1) is 16.7. The van der Waals surface area contributed by atoms with E-state index in [4.69, 9.17) is 5.73 Å². The van der Waals surface area contributed by atoms with E-state index in [0.29, 0.717) is 6.04 Å². The van der Waals surface area contributed by atoms with Crippen molar-refractivity contribution in [2.45, 2.75) is 25.8 Å². The lowest BCUT2D eigenvalue weighted by Crippen LogP contribution is -2.52. The summed E-state index contributed by atoms with van der Waals surface area (Å²) in [5, 5.41) is 0. The summed E-state index contributed by atoms with van der Waals surface area (Å²) < 4.78 is 0. The van der Waals surface area contributed by atoms with Crippen molar-refractivity contribution in [3.8, 4) is 0 Å². The Balaban J connectivity index is 1.84. The fourth-order valence-corrected chi connectivity index (χ4v) is 3.54. The van der Waals surface area contributed by atoms with Crippen LogP contribution in [0.1, 0.15) is 18.4 Å². The van der Waals surface area contributed by atoms with E-state index in [1.54, 1.807) is 0 Å². The summed E-state index contributed by atoms with van der Waals surface area (Å²) in [4.78, 5) is 5.09. The lowest BCUT2D eigenvalue weighted by molar-refractivity contribution is 0.180. The maximum absolute atomic E-state index is 5.99. The predicted octanol–water partition coefficient (Wildman–Crippen LogP) is 2.59. The molecule has 1 unspecified atom stereocenters. The summed E-state index contributed by atoms with van der Waals surface area (Å²) in [7, 11) is 0. The molecule has 1 aliphatic rings. The van der Waals surface area contributed by atoms with Gasteiger partial charge in [0, 0.05) is 44.5 Å². The highest BCUT2D eigenvalue weighted by Crippen LogP contribution is 2.19. The highest BCUT2D eigenvalue weighted by molar-refractivity contribution is 7.98. The van der Waals surface area contributed by atoms with Gasteiger partial charge in [-0.2, -0.15) is 11.8 Å². The van der Waals surface area contributed by atoms with Crippen molar-refractivity contribution in [3.05, 3.63) is 29.8 Å². The molecule has 1 saturated heterocycles. The van der Waals surface area contributed by atoms with Gasteiger partial charge in [0.15, 0.2) is 0 Å². The third-order valence-corrected chi connectivity index (χ3v) is 5.05. The van der Waals surface area contributed by atoms with E-state index in [1.165, 1.54) is 29.8 Å². The van der Waals surface area contributed by atoms with Gasteiger partial charge < -0.3 is 10.6 Å². The summed E-state index contributed by atoms with van der Waals surface area (Å²) in [6, 6.07) is 9.39. The Kier molecular flexibility index (Phi) is 6.87. The topological polar surface area (TPSA) is 32.5 Å². The minimum Gasteiger partial charge on any atom is -0.369 e. The standard InChI is InChI=1S/C17H29N3S/c1-15-5-3-6-16(13-15)19-8-10-20(11-9-19)17(14-18)7-4-12-21-2/h3,5-6,13,17H,4,7-12,14,18H2,1-2H3. The average molecular weight is 308 g/mol. The van der Waals surface area contributed by atoms with Crippen molar-refractivity contribution in [1.29, 1.82) is 0 Å².